The zero-order chi connectivity index (χ0) is 12.8. The van der Waals surface area contributed by atoms with Crippen molar-refractivity contribution >= 4 is 5.97 Å². The molecular formula is C15H20O3. The second-order valence-electron chi connectivity index (χ2n) is 4.89. The molecule has 1 aliphatic rings. The van der Waals surface area contributed by atoms with Crippen LogP contribution in [0.5, 0.6) is 0 Å². The van der Waals surface area contributed by atoms with Gasteiger partial charge in [-0.25, -0.2) is 4.79 Å². The van der Waals surface area contributed by atoms with Crippen molar-refractivity contribution < 1.29 is 14.6 Å². The van der Waals surface area contributed by atoms with E-state index in [2.05, 4.69) is 0 Å². The summed E-state index contributed by atoms with van der Waals surface area (Å²) in [6.45, 7) is 0. The number of carboxylic acids is 1. The first-order valence-electron chi connectivity index (χ1n) is 6.68. The largest absolute Gasteiger partial charge is 0.479 e. The normalized spacial score (nSPS) is 17.8. The van der Waals surface area contributed by atoms with Gasteiger partial charge in [0.15, 0.2) is 6.10 Å². The van der Waals surface area contributed by atoms with E-state index in [4.69, 9.17) is 4.74 Å². The average molecular weight is 248 g/mol. The van der Waals surface area contributed by atoms with E-state index in [0.717, 1.165) is 32.1 Å². The Morgan fingerprint density at radius 3 is 2.56 bits per heavy atom. The maximum Gasteiger partial charge on any atom is 0.332 e. The van der Waals surface area contributed by atoms with Crippen LogP contribution in [0.1, 0.15) is 37.7 Å². The Bertz CT molecular complexity index is 369. The SMILES string of the molecule is O=C(O)C(CCc1ccccc1)OC1CCCC1. The summed E-state index contributed by atoms with van der Waals surface area (Å²) >= 11 is 0. The van der Waals surface area contributed by atoms with Gasteiger partial charge in [-0.15, -0.1) is 0 Å². The number of aliphatic carboxylic acids is 1. The highest BCUT2D eigenvalue weighted by atomic mass is 16.5. The van der Waals surface area contributed by atoms with Gasteiger partial charge in [0.25, 0.3) is 0 Å². The third-order valence-electron chi connectivity index (χ3n) is 3.47. The van der Waals surface area contributed by atoms with Gasteiger partial charge < -0.3 is 9.84 Å². The first kappa shape index (κ1) is 13.1. The standard InChI is InChI=1S/C15H20O3/c16-15(17)14(18-13-8-4-5-9-13)11-10-12-6-2-1-3-7-12/h1-3,6-7,13-14H,4-5,8-11H2,(H,16,17). The van der Waals surface area contributed by atoms with Crippen LogP contribution in [0, 0.1) is 0 Å². The molecule has 1 saturated carbocycles. The van der Waals surface area contributed by atoms with Crippen LogP contribution >= 0.6 is 0 Å². The molecule has 3 nitrogen and oxygen atoms in total. The van der Waals surface area contributed by atoms with Gasteiger partial charge in [-0.1, -0.05) is 43.2 Å². The molecule has 18 heavy (non-hydrogen) atoms. The zero-order valence-corrected chi connectivity index (χ0v) is 10.5. The number of hydrogen-bond donors (Lipinski definition) is 1. The molecule has 1 N–H and O–H groups in total. The molecule has 1 unspecified atom stereocenters. The second-order valence-corrected chi connectivity index (χ2v) is 4.89. The lowest BCUT2D eigenvalue weighted by atomic mass is 10.1. The van der Waals surface area contributed by atoms with Gasteiger partial charge in [-0.05, 0) is 31.2 Å². The monoisotopic (exact) mass is 248 g/mol. The summed E-state index contributed by atoms with van der Waals surface area (Å²) in [5, 5.41) is 9.19. The van der Waals surface area contributed by atoms with E-state index < -0.39 is 12.1 Å². The first-order chi connectivity index (χ1) is 8.75. The van der Waals surface area contributed by atoms with Crippen LogP contribution in [0.2, 0.25) is 0 Å². The van der Waals surface area contributed by atoms with E-state index in [-0.39, 0.29) is 6.10 Å². The van der Waals surface area contributed by atoms with Crippen molar-refractivity contribution in [2.24, 2.45) is 0 Å². The number of benzene rings is 1. The molecule has 0 spiro atoms. The van der Waals surface area contributed by atoms with Crippen molar-refractivity contribution in [2.45, 2.75) is 50.7 Å². The van der Waals surface area contributed by atoms with Gasteiger partial charge in [0.1, 0.15) is 0 Å². The third kappa shape index (κ3) is 3.84. The Hall–Kier alpha value is -1.35. The summed E-state index contributed by atoms with van der Waals surface area (Å²) < 4.78 is 5.70. The van der Waals surface area contributed by atoms with Crippen molar-refractivity contribution in [1.29, 1.82) is 0 Å². The Morgan fingerprint density at radius 2 is 1.94 bits per heavy atom. The minimum Gasteiger partial charge on any atom is -0.479 e. The molecule has 0 aliphatic heterocycles. The van der Waals surface area contributed by atoms with E-state index in [0.29, 0.717) is 6.42 Å². The Balaban J connectivity index is 1.84. The fourth-order valence-corrected chi connectivity index (χ4v) is 2.45. The van der Waals surface area contributed by atoms with E-state index in [1.54, 1.807) is 0 Å². The molecule has 1 aliphatic carbocycles. The summed E-state index contributed by atoms with van der Waals surface area (Å²) in [4.78, 5) is 11.2. The Labute approximate surface area is 108 Å². The molecule has 0 radical (unpaired) electrons. The quantitative estimate of drug-likeness (QED) is 0.841. The minimum atomic E-state index is -0.835. The zero-order valence-electron chi connectivity index (χ0n) is 10.5. The van der Waals surface area contributed by atoms with E-state index in [1.165, 1.54) is 5.56 Å². The van der Waals surface area contributed by atoms with E-state index in [9.17, 15) is 9.90 Å². The van der Waals surface area contributed by atoms with Crippen molar-refractivity contribution in [3.63, 3.8) is 0 Å². The number of aryl methyl sites for hydroxylation is 1. The molecule has 3 heteroatoms. The fraction of sp³-hybridized carbons (Fsp3) is 0.533. The lowest BCUT2D eigenvalue weighted by Crippen LogP contribution is -2.28. The van der Waals surface area contributed by atoms with Crippen LogP contribution in [-0.2, 0) is 16.0 Å². The number of carbonyl (C=O) groups is 1. The molecule has 1 fully saturated rings. The van der Waals surface area contributed by atoms with E-state index >= 15 is 0 Å². The maximum atomic E-state index is 11.2. The molecule has 0 aromatic heterocycles. The predicted octanol–water partition coefficient (Wildman–Crippen LogP) is 3.03. The Kier molecular flexibility index (Phi) is 4.76. The molecule has 1 aromatic carbocycles. The van der Waals surface area contributed by atoms with Crippen molar-refractivity contribution in [3.8, 4) is 0 Å². The molecule has 0 saturated heterocycles. The highest BCUT2D eigenvalue weighted by molar-refractivity contribution is 5.72. The predicted molar refractivity (Wildman–Crippen MR) is 69.5 cm³/mol. The van der Waals surface area contributed by atoms with Gasteiger partial charge in [-0.3, -0.25) is 0 Å². The molecule has 1 atom stereocenters. The van der Waals surface area contributed by atoms with Gasteiger partial charge >= 0.3 is 5.97 Å². The van der Waals surface area contributed by atoms with E-state index in [1.807, 2.05) is 30.3 Å². The summed E-state index contributed by atoms with van der Waals surface area (Å²) in [5.74, 6) is -0.835. The molecular weight excluding hydrogens is 228 g/mol. The minimum absolute atomic E-state index is 0.155. The van der Waals surface area contributed by atoms with Crippen LogP contribution in [0.3, 0.4) is 0 Å². The second kappa shape index (κ2) is 6.55. The van der Waals surface area contributed by atoms with Crippen LogP contribution < -0.4 is 0 Å². The third-order valence-corrected chi connectivity index (χ3v) is 3.47. The number of carboxylic acid groups (broad SMARTS) is 1. The first-order valence-corrected chi connectivity index (χ1v) is 6.68. The summed E-state index contributed by atoms with van der Waals surface area (Å²) in [6, 6.07) is 9.96. The highest BCUT2D eigenvalue weighted by Gasteiger charge is 2.24. The van der Waals surface area contributed by atoms with Gasteiger partial charge in [0, 0.05) is 0 Å². The van der Waals surface area contributed by atoms with Crippen molar-refractivity contribution in [1.82, 2.24) is 0 Å². The van der Waals surface area contributed by atoms with Crippen molar-refractivity contribution in [2.75, 3.05) is 0 Å². The molecule has 1 aromatic rings. The number of hydrogen-bond acceptors (Lipinski definition) is 2. The lowest BCUT2D eigenvalue weighted by molar-refractivity contribution is -0.154. The maximum absolute atomic E-state index is 11.2. The summed E-state index contributed by atoms with van der Waals surface area (Å²) in [5.41, 5.74) is 1.17. The van der Waals surface area contributed by atoms with Crippen molar-refractivity contribution in [3.05, 3.63) is 35.9 Å². The molecule has 0 amide bonds. The fourth-order valence-electron chi connectivity index (χ4n) is 2.45. The molecule has 98 valence electrons. The summed E-state index contributed by atoms with van der Waals surface area (Å²) in [6.07, 6.45) is 5.14. The number of ether oxygens (including phenoxy) is 1. The molecule has 0 bridgehead atoms. The van der Waals surface area contributed by atoms with Crippen LogP contribution in [0.15, 0.2) is 30.3 Å². The average Bonchev–Trinajstić information content (AvgIpc) is 2.88. The lowest BCUT2D eigenvalue weighted by Gasteiger charge is -2.18. The topological polar surface area (TPSA) is 46.5 Å². The van der Waals surface area contributed by atoms with Crippen LogP contribution in [0.4, 0.5) is 0 Å². The Morgan fingerprint density at radius 1 is 1.28 bits per heavy atom. The molecule has 2 rings (SSSR count). The summed E-state index contributed by atoms with van der Waals surface area (Å²) in [7, 11) is 0. The van der Waals surface area contributed by atoms with Crippen LogP contribution in [0.25, 0.3) is 0 Å². The van der Waals surface area contributed by atoms with Gasteiger partial charge in [-0.2, -0.15) is 0 Å². The van der Waals surface area contributed by atoms with Gasteiger partial charge in [0.05, 0.1) is 6.10 Å². The van der Waals surface area contributed by atoms with Crippen LogP contribution in [-0.4, -0.2) is 23.3 Å². The highest BCUT2D eigenvalue weighted by Crippen LogP contribution is 2.23. The smallest absolute Gasteiger partial charge is 0.332 e. The number of rotatable bonds is 6. The molecule has 0 heterocycles. The van der Waals surface area contributed by atoms with Gasteiger partial charge in [0.2, 0.25) is 0 Å².